The molecule has 0 radical (unpaired) electrons. The number of hydrogen-bond acceptors (Lipinski definition) is 8. The van der Waals surface area contributed by atoms with Crippen LogP contribution in [0.3, 0.4) is 0 Å². The largest absolute Gasteiger partial charge is 0.465 e. The summed E-state index contributed by atoms with van der Waals surface area (Å²) in [6.45, 7) is 8.25. The van der Waals surface area contributed by atoms with Crippen molar-refractivity contribution in [2.75, 3.05) is 30.3 Å². The Labute approximate surface area is 258 Å². The van der Waals surface area contributed by atoms with Crippen LogP contribution in [0.5, 0.6) is 6.01 Å². The van der Waals surface area contributed by atoms with E-state index in [0.717, 1.165) is 5.56 Å². The number of nitrogens with zero attached hydrogens (tertiary/aromatic N) is 4. The summed E-state index contributed by atoms with van der Waals surface area (Å²) in [5.41, 5.74) is -0.0661. The quantitative estimate of drug-likeness (QED) is 0.179. The molecule has 0 bridgehead atoms. The summed E-state index contributed by atoms with van der Waals surface area (Å²) >= 11 is 5.91. The van der Waals surface area contributed by atoms with E-state index in [9.17, 15) is 27.9 Å². The monoisotopic (exact) mass is 637 g/mol. The standard InChI is InChI=1S/C29H35ClF3N7O4/c1-27(2,3)40(26(42)43)16-28(4,5)15-36-24(41)19-8-11-21(35-14-19)37-23-12-22(34-13-18-6-9-20(30)10-7-18)38-25(39-23)44-17-29(31,32)33/h6-12,14H,13,15-17H2,1-5H3,(H,36,41)(H,42,43)(H2,34,35,37,38,39). The molecule has 11 nitrogen and oxygen atoms in total. The number of halogens is 4. The minimum Gasteiger partial charge on any atom is -0.465 e. The highest BCUT2D eigenvalue weighted by Gasteiger charge is 2.32. The van der Waals surface area contributed by atoms with Crippen LogP contribution in [0, 0.1) is 5.41 Å². The van der Waals surface area contributed by atoms with Gasteiger partial charge in [-0.1, -0.05) is 37.6 Å². The molecule has 2 amide bonds. The predicted octanol–water partition coefficient (Wildman–Crippen LogP) is 6.36. The molecule has 0 aliphatic carbocycles. The van der Waals surface area contributed by atoms with Gasteiger partial charge in [-0.25, -0.2) is 9.78 Å². The Morgan fingerprint density at radius 1 is 0.977 bits per heavy atom. The number of carbonyl (C=O) groups is 2. The van der Waals surface area contributed by atoms with Crippen LogP contribution in [0.15, 0.2) is 48.7 Å². The van der Waals surface area contributed by atoms with Crippen molar-refractivity contribution in [1.29, 1.82) is 0 Å². The molecule has 3 rings (SSSR count). The molecular formula is C29H35ClF3N7O4. The summed E-state index contributed by atoms with van der Waals surface area (Å²) in [5.74, 6) is 0.145. The third-order valence-corrected chi connectivity index (χ3v) is 6.35. The van der Waals surface area contributed by atoms with Crippen LogP contribution >= 0.6 is 11.6 Å². The van der Waals surface area contributed by atoms with Crippen LogP contribution < -0.4 is 20.7 Å². The second-order valence-corrected chi connectivity index (χ2v) is 12.2. The summed E-state index contributed by atoms with van der Waals surface area (Å²) < 4.78 is 43.0. The molecule has 0 fully saturated rings. The predicted molar refractivity (Wildman–Crippen MR) is 160 cm³/mol. The van der Waals surface area contributed by atoms with Gasteiger partial charge in [0.15, 0.2) is 6.61 Å². The molecule has 2 aromatic heterocycles. The van der Waals surface area contributed by atoms with Gasteiger partial charge in [0, 0.05) is 42.5 Å². The number of alkyl halides is 3. The van der Waals surface area contributed by atoms with E-state index in [1.807, 2.05) is 13.8 Å². The number of hydrogen-bond donors (Lipinski definition) is 4. The zero-order chi connectivity index (χ0) is 32.7. The van der Waals surface area contributed by atoms with Crippen LogP contribution in [0.1, 0.15) is 50.5 Å². The van der Waals surface area contributed by atoms with E-state index >= 15 is 0 Å². The van der Waals surface area contributed by atoms with Crippen LogP contribution in [0.25, 0.3) is 0 Å². The van der Waals surface area contributed by atoms with Crippen molar-refractivity contribution in [3.63, 3.8) is 0 Å². The molecule has 0 aliphatic rings. The van der Waals surface area contributed by atoms with E-state index in [2.05, 4.69) is 30.9 Å². The molecule has 0 atom stereocenters. The molecule has 0 saturated heterocycles. The molecule has 238 valence electrons. The average Bonchev–Trinajstić information content (AvgIpc) is 2.93. The van der Waals surface area contributed by atoms with Crippen LogP contribution in [-0.4, -0.2) is 68.4 Å². The van der Waals surface area contributed by atoms with E-state index in [1.54, 1.807) is 45.0 Å². The fourth-order valence-corrected chi connectivity index (χ4v) is 3.94. The number of carbonyl (C=O) groups excluding carboxylic acids is 1. The maximum absolute atomic E-state index is 12.8. The molecule has 15 heteroatoms. The Kier molecular flexibility index (Phi) is 10.8. The van der Waals surface area contributed by atoms with Crippen molar-refractivity contribution in [2.45, 2.75) is 52.9 Å². The van der Waals surface area contributed by atoms with Crippen molar-refractivity contribution < 1.29 is 32.6 Å². The molecule has 1 aromatic carbocycles. The number of aromatic nitrogens is 3. The summed E-state index contributed by atoms with van der Waals surface area (Å²) in [4.78, 5) is 38.0. The normalized spacial score (nSPS) is 11.9. The Bertz CT molecular complexity index is 1430. The van der Waals surface area contributed by atoms with Crippen molar-refractivity contribution in [1.82, 2.24) is 25.2 Å². The van der Waals surface area contributed by atoms with Crippen LogP contribution in [0.4, 0.5) is 35.4 Å². The first kappa shape index (κ1) is 34.2. The van der Waals surface area contributed by atoms with Gasteiger partial charge in [-0.3, -0.25) is 4.79 Å². The smallest absolute Gasteiger partial charge is 0.422 e. The number of amides is 2. The molecule has 0 saturated carbocycles. The van der Waals surface area contributed by atoms with Crippen molar-refractivity contribution in [3.05, 3.63) is 64.8 Å². The van der Waals surface area contributed by atoms with Crippen molar-refractivity contribution in [3.8, 4) is 6.01 Å². The van der Waals surface area contributed by atoms with Gasteiger partial charge in [-0.15, -0.1) is 0 Å². The lowest BCUT2D eigenvalue weighted by Crippen LogP contribution is -2.51. The van der Waals surface area contributed by atoms with Gasteiger partial charge in [0.05, 0.1) is 5.56 Å². The molecule has 0 unspecified atom stereocenters. The van der Waals surface area contributed by atoms with E-state index in [1.165, 1.54) is 29.3 Å². The fourth-order valence-electron chi connectivity index (χ4n) is 3.82. The average molecular weight is 638 g/mol. The number of carboxylic acid groups (broad SMARTS) is 1. The van der Waals surface area contributed by atoms with Crippen molar-refractivity contribution >= 4 is 41.1 Å². The van der Waals surface area contributed by atoms with E-state index in [4.69, 9.17) is 16.3 Å². The number of benzene rings is 1. The first-order valence-electron chi connectivity index (χ1n) is 13.5. The first-order valence-corrected chi connectivity index (χ1v) is 13.9. The first-order chi connectivity index (χ1) is 20.4. The number of rotatable bonds is 12. The van der Waals surface area contributed by atoms with E-state index in [-0.39, 0.29) is 36.1 Å². The van der Waals surface area contributed by atoms with E-state index in [0.29, 0.717) is 11.6 Å². The van der Waals surface area contributed by atoms with Gasteiger partial charge >= 0.3 is 18.3 Å². The molecule has 2 heterocycles. The van der Waals surface area contributed by atoms with Gasteiger partial charge in [-0.2, -0.15) is 23.1 Å². The molecule has 3 aromatic rings. The SMILES string of the molecule is CC(C)(CNC(=O)c1ccc(Nc2cc(NCc3ccc(Cl)cc3)nc(OCC(F)(F)F)n2)nc1)CN(C(=O)O)C(C)(C)C. The minimum absolute atomic E-state index is 0.101. The van der Waals surface area contributed by atoms with Gasteiger partial charge in [-0.05, 0) is 56.0 Å². The number of pyridine rings is 1. The third-order valence-electron chi connectivity index (χ3n) is 6.09. The third kappa shape index (κ3) is 11.1. The van der Waals surface area contributed by atoms with Crippen LogP contribution in [-0.2, 0) is 6.54 Å². The maximum atomic E-state index is 12.8. The Hall–Kier alpha value is -4.33. The van der Waals surface area contributed by atoms with Gasteiger partial charge in [0.25, 0.3) is 5.91 Å². The molecular weight excluding hydrogens is 603 g/mol. The highest BCUT2D eigenvalue weighted by atomic mass is 35.5. The second kappa shape index (κ2) is 14.0. The van der Waals surface area contributed by atoms with Gasteiger partial charge in [0.2, 0.25) is 0 Å². The number of ether oxygens (including phenoxy) is 1. The second-order valence-electron chi connectivity index (χ2n) is 11.7. The number of anilines is 3. The summed E-state index contributed by atoms with van der Waals surface area (Å²) in [6, 6.07) is 11.0. The van der Waals surface area contributed by atoms with Crippen molar-refractivity contribution in [2.24, 2.45) is 5.41 Å². The van der Waals surface area contributed by atoms with Gasteiger partial charge < -0.3 is 30.7 Å². The lowest BCUT2D eigenvalue weighted by molar-refractivity contribution is -0.154. The fraction of sp³-hybridized carbons (Fsp3) is 0.414. The molecule has 44 heavy (non-hydrogen) atoms. The maximum Gasteiger partial charge on any atom is 0.422 e. The Balaban J connectivity index is 1.68. The summed E-state index contributed by atoms with van der Waals surface area (Å²) in [7, 11) is 0. The summed E-state index contributed by atoms with van der Waals surface area (Å²) in [5, 5.41) is 18.9. The Morgan fingerprint density at radius 3 is 2.20 bits per heavy atom. The Morgan fingerprint density at radius 2 is 1.64 bits per heavy atom. The minimum atomic E-state index is -4.58. The molecule has 0 aliphatic heterocycles. The number of nitrogens with one attached hydrogen (secondary N) is 3. The lowest BCUT2D eigenvalue weighted by Gasteiger charge is -2.39. The summed E-state index contributed by atoms with van der Waals surface area (Å²) in [6.07, 6.45) is -4.30. The van der Waals surface area contributed by atoms with Gasteiger partial charge in [0.1, 0.15) is 17.5 Å². The topological polar surface area (TPSA) is 142 Å². The molecule has 0 spiro atoms. The zero-order valence-electron chi connectivity index (χ0n) is 24.9. The highest BCUT2D eigenvalue weighted by molar-refractivity contribution is 6.30. The zero-order valence-corrected chi connectivity index (χ0v) is 25.7. The van der Waals surface area contributed by atoms with E-state index < -0.39 is 41.7 Å². The van der Waals surface area contributed by atoms with Crippen LogP contribution in [0.2, 0.25) is 5.02 Å². The molecule has 4 N–H and O–H groups in total. The lowest BCUT2D eigenvalue weighted by atomic mass is 9.90. The highest BCUT2D eigenvalue weighted by Crippen LogP contribution is 2.24.